The summed E-state index contributed by atoms with van der Waals surface area (Å²) in [5.74, 6) is 1.60. The zero-order chi connectivity index (χ0) is 14.8. The lowest BCUT2D eigenvalue weighted by Crippen LogP contribution is -1.98. The molecule has 0 saturated heterocycles. The molecule has 0 bridgehead atoms. The molecule has 1 unspecified atom stereocenters. The summed E-state index contributed by atoms with van der Waals surface area (Å²) in [6.07, 6.45) is 0.908. The van der Waals surface area contributed by atoms with Crippen molar-refractivity contribution in [3.63, 3.8) is 0 Å². The van der Waals surface area contributed by atoms with Crippen LogP contribution in [-0.4, -0.2) is 13.2 Å². The van der Waals surface area contributed by atoms with E-state index in [0.717, 1.165) is 29.0 Å². The van der Waals surface area contributed by atoms with Gasteiger partial charge in [0.25, 0.3) is 0 Å². The fourth-order valence-corrected chi connectivity index (χ4v) is 2.95. The zero-order valence-electron chi connectivity index (χ0n) is 12.4. The average Bonchev–Trinajstić information content (AvgIpc) is 2.69. The van der Waals surface area contributed by atoms with Crippen molar-refractivity contribution >= 4 is 11.6 Å². The molecule has 0 N–H and O–H groups in total. The van der Waals surface area contributed by atoms with E-state index >= 15 is 0 Å². The Hall–Kier alpha value is -1.67. The Kier molecular flexibility index (Phi) is 4.07. The lowest BCUT2D eigenvalue weighted by Gasteiger charge is -2.15. The first-order chi connectivity index (χ1) is 10.1. The Morgan fingerprint density at radius 3 is 2.24 bits per heavy atom. The molecule has 2 aromatic rings. The highest BCUT2D eigenvalue weighted by Crippen LogP contribution is 2.37. The van der Waals surface area contributed by atoms with Gasteiger partial charge in [-0.15, -0.1) is 11.6 Å². The van der Waals surface area contributed by atoms with Crippen molar-refractivity contribution in [3.8, 4) is 11.5 Å². The Balaban J connectivity index is 1.94. The van der Waals surface area contributed by atoms with Crippen molar-refractivity contribution in [2.75, 3.05) is 13.2 Å². The summed E-state index contributed by atoms with van der Waals surface area (Å²) in [7, 11) is 0. The van der Waals surface area contributed by atoms with Crippen LogP contribution in [-0.2, 0) is 0 Å². The van der Waals surface area contributed by atoms with Gasteiger partial charge in [-0.1, -0.05) is 35.4 Å². The Morgan fingerprint density at radius 2 is 1.52 bits per heavy atom. The molecule has 2 aromatic carbocycles. The summed E-state index contributed by atoms with van der Waals surface area (Å²) in [6, 6.07) is 12.4. The highest BCUT2D eigenvalue weighted by atomic mass is 35.5. The van der Waals surface area contributed by atoms with E-state index in [9.17, 15) is 0 Å². The average molecular weight is 303 g/mol. The van der Waals surface area contributed by atoms with Crippen LogP contribution >= 0.6 is 11.6 Å². The van der Waals surface area contributed by atoms with Gasteiger partial charge in [0.05, 0.1) is 18.6 Å². The number of hydrogen-bond donors (Lipinski definition) is 0. The van der Waals surface area contributed by atoms with Gasteiger partial charge in [0.1, 0.15) is 0 Å². The van der Waals surface area contributed by atoms with Gasteiger partial charge in [0.2, 0.25) is 0 Å². The molecule has 0 fully saturated rings. The Bertz CT molecular complexity index is 631. The molecule has 110 valence electrons. The summed E-state index contributed by atoms with van der Waals surface area (Å²) in [6.45, 7) is 5.57. The standard InChI is InChI=1S/C18H19ClO2/c1-12-8-13(2)10-15(9-12)18(19)14-4-5-16-17(11-14)21-7-3-6-20-16/h4-5,8-11,18H,3,6-7H2,1-2H3. The molecule has 0 radical (unpaired) electrons. The summed E-state index contributed by atoms with van der Waals surface area (Å²) in [5.41, 5.74) is 4.60. The maximum atomic E-state index is 6.66. The second-order valence-electron chi connectivity index (χ2n) is 5.54. The minimum absolute atomic E-state index is 0.180. The van der Waals surface area contributed by atoms with E-state index in [-0.39, 0.29) is 5.38 Å². The summed E-state index contributed by atoms with van der Waals surface area (Å²) < 4.78 is 11.4. The molecule has 1 aliphatic rings. The number of fused-ring (bicyclic) bond motifs is 1. The predicted octanol–water partition coefficient (Wildman–Crippen LogP) is 4.79. The molecule has 0 aliphatic carbocycles. The van der Waals surface area contributed by atoms with Crippen LogP contribution in [0.4, 0.5) is 0 Å². The fraction of sp³-hybridized carbons (Fsp3) is 0.333. The number of hydrogen-bond acceptors (Lipinski definition) is 2. The largest absolute Gasteiger partial charge is 0.490 e. The topological polar surface area (TPSA) is 18.5 Å². The third kappa shape index (κ3) is 3.16. The molecule has 1 heterocycles. The van der Waals surface area contributed by atoms with Crippen molar-refractivity contribution < 1.29 is 9.47 Å². The molecule has 0 spiro atoms. The van der Waals surface area contributed by atoms with Gasteiger partial charge in [-0.25, -0.2) is 0 Å². The normalized spacial score (nSPS) is 15.4. The monoisotopic (exact) mass is 302 g/mol. The molecule has 3 heteroatoms. The quantitative estimate of drug-likeness (QED) is 0.742. The minimum Gasteiger partial charge on any atom is -0.490 e. The van der Waals surface area contributed by atoms with Crippen molar-refractivity contribution in [3.05, 3.63) is 58.7 Å². The molecule has 1 atom stereocenters. The van der Waals surface area contributed by atoms with E-state index in [1.807, 2.05) is 18.2 Å². The van der Waals surface area contributed by atoms with E-state index in [1.54, 1.807) is 0 Å². The van der Waals surface area contributed by atoms with Crippen LogP contribution in [0.25, 0.3) is 0 Å². The predicted molar refractivity (Wildman–Crippen MR) is 85.7 cm³/mol. The van der Waals surface area contributed by atoms with Gasteiger partial charge in [0.15, 0.2) is 11.5 Å². The van der Waals surface area contributed by atoms with Crippen LogP contribution in [0.3, 0.4) is 0 Å². The molecule has 21 heavy (non-hydrogen) atoms. The van der Waals surface area contributed by atoms with E-state index in [0.29, 0.717) is 13.2 Å². The van der Waals surface area contributed by atoms with Crippen molar-refractivity contribution in [2.24, 2.45) is 0 Å². The fourth-order valence-electron chi connectivity index (χ4n) is 2.69. The molecule has 0 saturated carbocycles. The molecular weight excluding hydrogens is 284 g/mol. The highest BCUT2D eigenvalue weighted by Gasteiger charge is 2.16. The van der Waals surface area contributed by atoms with E-state index in [1.165, 1.54) is 11.1 Å². The number of alkyl halides is 1. The van der Waals surface area contributed by atoms with Gasteiger partial charge in [-0.3, -0.25) is 0 Å². The van der Waals surface area contributed by atoms with Crippen molar-refractivity contribution in [2.45, 2.75) is 25.6 Å². The molecular formula is C18H19ClO2. The number of halogens is 1. The number of aryl methyl sites for hydroxylation is 2. The second-order valence-corrected chi connectivity index (χ2v) is 5.98. The minimum atomic E-state index is -0.180. The molecule has 2 nitrogen and oxygen atoms in total. The third-order valence-corrected chi connectivity index (χ3v) is 4.10. The highest BCUT2D eigenvalue weighted by molar-refractivity contribution is 6.22. The van der Waals surface area contributed by atoms with E-state index < -0.39 is 0 Å². The van der Waals surface area contributed by atoms with Crippen LogP contribution in [0.2, 0.25) is 0 Å². The maximum Gasteiger partial charge on any atom is 0.161 e. The van der Waals surface area contributed by atoms with Gasteiger partial charge >= 0.3 is 0 Å². The van der Waals surface area contributed by atoms with E-state index in [2.05, 4.69) is 32.0 Å². The molecule has 0 aromatic heterocycles. The van der Waals surface area contributed by atoms with E-state index in [4.69, 9.17) is 21.1 Å². The molecule has 3 rings (SSSR count). The van der Waals surface area contributed by atoms with Crippen LogP contribution < -0.4 is 9.47 Å². The van der Waals surface area contributed by atoms with Crippen molar-refractivity contribution in [1.29, 1.82) is 0 Å². The summed E-state index contributed by atoms with van der Waals surface area (Å²) in [4.78, 5) is 0. The van der Waals surface area contributed by atoms with Crippen LogP contribution in [0.1, 0.15) is 34.1 Å². The number of rotatable bonds is 2. The molecule has 0 amide bonds. The van der Waals surface area contributed by atoms with Crippen LogP contribution in [0.15, 0.2) is 36.4 Å². The zero-order valence-corrected chi connectivity index (χ0v) is 13.1. The Labute approximate surface area is 130 Å². The first-order valence-electron chi connectivity index (χ1n) is 7.25. The molecule has 1 aliphatic heterocycles. The number of benzene rings is 2. The smallest absolute Gasteiger partial charge is 0.161 e. The maximum absolute atomic E-state index is 6.66. The van der Waals surface area contributed by atoms with Crippen LogP contribution in [0, 0.1) is 13.8 Å². The first kappa shape index (κ1) is 14.3. The third-order valence-electron chi connectivity index (χ3n) is 3.60. The number of ether oxygens (including phenoxy) is 2. The van der Waals surface area contributed by atoms with Gasteiger partial charge < -0.3 is 9.47 Å². The lowest BCUT2D eigenvalue weighted by atomic mass is 10.00. The first-order valence-corrected chi connectivity index (χ1v) is 7.69. The lowest BCUT2D eigenvalue weighted by molar-refractivity contribution is 0.297. The summed E-state index contributed by atoms with van der Waals surface area (Å²) >= 11 is 6.66. The Morgan fingerprint density at radius 1 is 0.857 bits per heavy atom. The van der Waals surface area contributed by atoms with Gasteiger partial charge in [-0.2, -0.15) is 0 Å². The summed E-state index contributed by atoms with van der Waals surface area (Å²) in [5, 5.41) is -0.180. The van der Waals surface area contributed by atoms with Crippen LogP contribution in [0.5, 0.6) is 11.5 Å². The SMILES string of the molecule is Cc1cc(C)cc(C(Cl)c2ccc3c(c2)OCCCO3)c1. The van der Waals surface area contributed by atoms with Gasteiger partial charge in [0, 0.05) is 6.42 Å². The second kappa shape index (κ2) is 5.98. The van der Waals surface area contributed by atoms with Gasteiger partial charge in [-0.05, 0) is 37.1 Å². The van der Waals surface area contributed by atoms with Crippen molar-refractivity contribution in [1.82, 2.24) is 0 Å².